The van der Waals surface area contributed by atoms with Crippen molar-refractivity contribution in [3.05, 3.63) is 110 Å². The molecule has 3 aromatic carbocycles. The predicted molar refractivity (Wildman–Crippen MR) is 127 cm³/mol. The summed E-state index contributed by atoms with van der Waals surface area (Å²) in [5.41, 5.74) is 1.59. The van der Waals surface area contributed by atoms with E-state index in [1.807, 2.05) is 18.2 Å². The summed E-state index contributed by atoms with van der Waals surface area (Å²) in [4.78, 5) is 37.4. The Morgan fingerprint density at radius 3 is 2.39 bits per heavy atom. The molecule has 2 amide bonds. The molecule has 0 saturated carbocycles. The number of hydrogen-bond donors (Lipinski definition) is 0. The molecule has 0 radical (unpaired) electrons. The van der Waals surface area contributed by atoms with E-state index in [0.29, 0.717) is 16.3 Å². The van der Waals surface area contributed by atoms with Gasteiger partial charge in [0.1, 0.15) is 12.4 Å². The first-order chi connectivity index (χ1) is 15.9. The molecule has 166 valence electrons. The highest BCUT2D eigenvalue weighted by Gasteiger charge is 2.36. The summed E-state index contributed by atoms with van der Waals surface area (Å²) in [6.07, 6.45) is 1.59. The maximum Gasteiger partial charge on any atom is 0.293 e. The normalized spacial score (nSPS) is 14.7. The number of carbonyl (C=O) groups excluding carboxylic acids is 2. The zero-order chi connectivity index (χ0) is 23.4. The second-order valence-corrected chi connectivity index (χ2v) is 8.47. The van der Waals surface area contributed by atoms with Crippen LogP contribution in [0.3, 0.4) is 0 Å². The first kappa shape index (κ1) is 22.6. The van der Waals surface area contributed by atoms with Crippen molar-refractivity contribution in [3.63, 3.8) is 0 Å². The molecule has 3 aromatic rings. The lowest BCUT2D eigenvalue weighted by Gasteiger charge is -2.12. The number of imide groups is 1. The Morgan fingerprint density at radius 2 is 1.64 bits per heavy atom. The van der Waals surface area contributed by atoms with Gasteiger partial charge in [-0.2, -0.15) is 0 Å². The quantitative estimate of drug-likeness (QED) is 0.232. The minimum Gasteiger partial charge on any atom is -0.488 e. The summed E-state index contributed by atoms with van der Waals surface area (Å²) in [6, 6.07) is 20.5. The fourth-order valence-corrected chi connectivity index (χ4v) is 4.29. The van der Waals surface area contributed by atoms with Gasteiger partial charge in [0.15, 0.2) is 0 Å². The summed E-state index contributed by atoms with van der Waals surface area (Å²) in [5, 5.41) is 11.4. The fourth-order valence-electron chi connectivity index (χ4n) is 3.27. The Hall–Kier alpha value is -3.62. The lowest BCUT2D eigenvalue weighted by atomic mass is 10.1. The van der Waals surface area contributed by atoms with E-state index in [9.17, 15) is 19.7 Å². The number of halogens is 1. The third-order valence-electron chi connectivity index (χ3n) is 4.94. The summed E-state index contributed by atoms with van der Waals surface area (Å²) in [5.74, 6) is 0.0203. The number of carbonyl (C=O) groups is 2. The number of ether oxygens (including phenoxy) is 1. The Labute approximate surface area is 198 Å². The van der Waals surface area contributed by atoms with Gasteiger partial charge in [-0.1, -0.05) is 66.2 Å². The number of thioether (sulfide) groups is 1. The van der Waals surface area contributed by atoms with Crippen molar-refractivity contribution in [1.29, 1.82) is 0 Å². The summed E-state index contributed by atoms with van der Waals surface area (Å²) in [6.45, 7) is 0.0630. The van der Waals surface area contributed by atoms with Gasteiger partial charge in [0.25, 0.3) is 16.8 Å². The molecule has 0 N–H and O–H groups in total. The number of nitrogens with zero attached hydrogens (tertiary/aromatic N) is 2. The highest BCUT2D eigenvalue weighted by atomic mass is 35.5. The van der Waals surface area contributed by atoms with E-state index in [1.165, 1.54) is 18.2 Å². The van der Waals surface area contributed by atoms with Crippen LogP contribution in [0, 0.1) is 10.1 Å². The van der Waals surface area contributed by atoms with E-state index in [0.717, 1.165) is 22.2 Å². The number of hydrogen-bond acceptors (Lipinski definition) is 6. The van der Waals surface area contributed by atoms with Crippen LogP contribution in [-0.4, -0.2) is 21.0 Å². The largest absolute Gasteiger partial charge is 0.488 e. The Bertz CT molecular complexity index is 1280. The molecule has 0 aliphatic carbocycles. The van der Waals surface area contributed by atoms with Gasteiger partial charge < -0.3 is 4.74 Å². The average Bonchev–Trinajstić information content (AvgIpc) is 3.07. The number of amides is 2. The molecule has 1 saturated heterocycles. The second-order valence-electron chi connectivity index (χ2n) is 7.07. The van der Waals surface area contributed by atoms with Gasteiger partial charge in [-0.3, -0.25) is 24.6 Å². The van der Waals surface area contributed by atoms with Crippen LogP contribution in [0.1, 0.15) is 16.7 Å². The molecule has 1 heterocycles. The van der Waals surface area contributed by atoms with Crippen molar-refractivity contribution >= 4 is 46.3 Å². The minimum absolute atomic E-state index is 0.140. The predicted octanol–water partition coefficient (Wildman–Crippen LogP) is 6.06. The van der Waals surface area contributed by atoms with Gasteiger partial charge in [0.2, 0.25) is 0 Å². The van der Waals surface area contributed by atoms with Crippen LogP contribution in [0.5, 0.6) is 5.75 Å². The van der Waals surface area contributed by atoms with Gasteiger partial charge in [-0.15, -0.1) is 0 Å². The van der Waals surface area contributed by atoms with E-state index in [2.05, 4.69) is 0 Å². The zero-order valence-electron chi connectivity index (χ0n) is 17.1. The summed E-state index contributed by atoms with van der Waals surface area (Å²) < 4.78 is 5.92. The first-order valence-electron chi connectivity index (χ1n) is 9.87. The van der Waals surface area contributed by atoms with Gasteiger partial charge in [-0.25, -0.2) is 0 Å². The van der Waals surface area contributed by atoms with Crippen molar-refractivity contribution < 1.29 is 19.2 Å². The van der Waals surface area contributed by atoms with Crippen molar-refractivity contribution in [2.45, 2.75) is 13.2 Å². The van der Waals surface area contributed by atoms with Gasteiger partial charge in [0, 0.05) is 27.8 Å². The molecule has 1 aliphatic heterocycles. The van der Waals surface area contributed by atoms with Crippen molar-refractivity contribution in [2.75, 3.05) is 0 Å². The molecule has 0 aromatic heterocycles. The van der Waals surface area contributed by atoms with E-state index in [4.69, 9.17) is 16.3 Å². The number of nitro benzene ring substituents is 1. The summed E-state index contributed by atoms with van der Waals surface area (Å²) >= 11 is 6.98. The second kappa shape index (κ2) is 9.89. The number of benzene rings is 3. The topological polar surface area (TPSA) is 89.8 Å². The van der Waals surface area contributed by atoms with Crippen LogP contribution in [0.15, 0.2) is 77.7 Å². The Kier molecular flexibility index (Phi) is 6.76. The van der Waals surface area contributed by atoms with E-state index < -0.39 is 16.1 Å². The van der Waals surface area contributed by atoms with Crippen LogP contribution < -0.4 is 4.74 Å². The van der Waals surface area contributed by atoms with Crippen molar-refractivity contribution in [2.24, 2.45) is 0 Å². The van der Waals surface area contributed by atoms with Crippen LogP contribution in [-0.2, 0) is 17.9 Å². The van der Waals surface area contributed by atoms with Crippen molar-refractivity contribution in [1.82, 2.24) is 4.90 Å². The molecule has 0 unspecified atom stereocenters. The van der Waals surface area contributed by atoms with Crippen LogP contribution >= 0.6 is 23.4 Å². The molecule has 4 rings (SSSR count). The lowest BCUT2D eigenvalue weighted by molar-refractivity contribution is -0.385. The monoisotopic (exact) mass is 480 g/mol. The van der Waals surface area contributed by atoms with E-state index in [1.54, 1.807) is 42.5 Å². The minimum atomic E-state index is -0.531. The van der Waals surface area contributed by atoms with Crippen LogP contribution in [0.4, 0.5) is 10.5 Å². The van der Waals surface area contributed by atoms with Gasteiger partial charge in [-0.05, 0) is 30.0 Å². The highest BCUT2D eigenvalue weighted by molar-refractivity contribution is 8.18. The smallest absolute Gasteiger partial charge is 0.293 e. The maximum atomic E-state index is 12.9. The third-order valence-corrected chi connectivity index (χ3v) is 6.21. The zero-order valence-corrected chi connectivity index (χ0v) is 18.7. The molecule has 7 nitrogen and oxygen atoms in total. The molecule has 1 fully saturated rings. The van der Waals surface area contributed by atoms with Crippen LogP contribution in [0.25, 0.3) is 6.08 Å². The Morgan fingerprint density at radius 1 is 0.970 bits per heavy atom. The van der Waals surface area contributed by atoms with Gasteiger partial charge >= 0.3 is 0 Å². The fraction of sp³-hybridized carbons (Fsp3) is 0.0833. The molecule has 33 heavy (non-hydrogen) atoms. The van der Waals surface area contributed by atoms with E-state index in [-0.39, 0.29) is 29.3 Å². The third kappa shape index (κ3) is 5.08. The van der Waals surface area contributed by atoms with E-state index >= 15 is 0 Å². The molecule has 1 aliphatic rings. The summed E-state index contributed by atoms with van der Waals surface area (Å²) in [7, 11) is 0. The standard InChI is InChI=1S/C24H17ClN2O5S/c25-19-10-4-1-9-18(19)15-32-21-12-6-3-7-16(21)13-22-23(28)26(24(29)33-22)14-17-8-2-5-11-20(17)27(30)31/h1-13H,14-15H2/b22-13+. The molecule has 0 atom stereocenters. The molecule has 9 heteroatoms. The maximum absolute atomic E-state index is 12.9. The van der Waals surface area contributed by atoms with Crippen LogP contribution in [0.2, 0.25) is 5.02 Å². The molecule has 0 bridgehead atoms. The average molecular weight is 481 g/mol. The van der Waals surface area contributed by atoms with Crippen molar-refractivity contribution in [3.8, 4) is 5.75 Å². The molecular weight excluding hydrogens is 464 g/mol. The Balaban J connectivity index is 1.55. The number of nitro groups is 1. The highest BCUT2D eigenvalue weighted by Crippen LogP contribution is 2.36. The SMILES string of the molecule is O=C1S/C(=C/c2ccccc2OCc2ccccc2Cl)C(=O)N1Cc1ccccc1[N+](=O)[O-]. The number of para-hydroxylation sites is 2. The molecule has 0 spiro atoms. The first-order valence-corrected chi connectivity index (χ1v) is 11.1. The number of rotatable bonds is 7. The van der Waals surface area contributed by atoms with Gasteiger partial charge in [0.05, 0.1) is 16.4 Å². The lowest BCUT2D eigenvalue weighted by Crippen LogP contribution is -2.27. The molecular formula is C24H17ClN2O5S.